The van der Waals surface area contributed by atoms with Crippen molar-refractivity contribution in [1.82, 2.24) is 14.9 Å². The van der Waals surface area contributed by atoms with E-state index in [-0.39, 0.29) is 5.91 Å². The van der Waals surface area contributed by atoms with E-state index in [1.165, 1.54) is 5.56 Å². The SMILES string of the molecule is Cc1cccc(OCCn2c(CCNC(=O)c3cccc(C)c3)nc3ccccc32)c1. The number of nitrogens with one attached hydrogen (secondary N) is 1. The lowest BCUT2D eigenvalue weighted by Crippen LogP contribution is -2.26. The van der Waals surface area contributed by atoms with Gasteiger partial charge in [-0.05, 0) is 55.8 Å². The third-order valence-corrected chi connectivity index (χ3v) is 5.22. The van der Waals surface area contributed by atoms with Gasteiger partial charge in [0.05, 0.1) is 17.6 Å². The van der Waals surface area contributed by atoms with Gasteiger partial charge in [-0.3, -0.25) is 4.79 Å². The molecular weight excluding hydrogens is 386 g/mol. The Kier molecular flexibility index (Phi) is 6.32. The van der Waals surface area contributed by atoms with E-state index in [9.17, 15) is 4.79 Å². The van der Waals surface area contributed by atoms with Crippen LogP contribution in [-0.4, -0.2) is 28.6 Å². The highest BCUT2D eigenvalue weighted by Gasteiger charge is 2.12. The highest BCUT2D eigenvalue weighted by molar-refractivity contribution is 5.94. The standard InChI is InChI=1S/C26H27N3O2/c1-19-7-5-9-21(17-19)26(30)27-14-13-25-28-23-11-3-4-12-24(23)29(25)15-16-31-22-10-6-8-20(2)18-22/h3-12,17-18H,13-16H2,1-2H3,(H,27,30). The molecule has 0 aliphatic heterocycles. The van der Waals surface area contributed by atoms with Crippen LogP contribution in [0.4, 0.5) is 0 Å². The van der Waals surface area contributed by atoms with Crippen molar-refractivity contribution in [2.45, 2.75) is 26.8 Å². The third kappa shape index (κ3) is 5.12. The second kappa shape index (κ2) is 9.47. The van der Waals surface area contributed by atoms with Gasteiger partial charge >= 0.3 is 0 Å². The Balaban J connectivity index is 1.42. The topological polar surface area (TPSA) is 56.1 Å². The van der Waals surface area contributed by atoms with E-state index in [1.807, 2.05) is 67.6 Å². The molecule has 0 atom stereocenters. The number of imidazole rings is 1. The molecule has 3 aromatic carbocycles. The van der Waals surface area contributed by atoms with Gasteiger partial charge in [0.15, 0.2) is 0 Å². The summed E-state index contributed by atoms with van der Waals surface area (Å²) < 4.78 is 8.14. The van der Waals surface area contributed by atoms with Gasteiger partial charge in [0, 0.05) is 18.5 Å². The van der Waals surface area contributed by atoms with Crippen LogP contribution < -0.4 is 10.1 Å². The maximum atomic E-state index is 12.4. The third-order valence-electron chi connectivity index (χ3n) is 5.22. The van der Waals surface area contributed by atoms with E-state index in [4.69, 9.17) is 9.72 Å². The van der Waals surface area contributed by atoms with Crippen LogP contribution in [0.3, 0.4) is 0 Å². The number of aromatic nitrogens is 2. The number of para-hydroxylation sites is 2. The van der Waals surface area contributed by atoms with Crippen LogP contribution >= 0.6 is 0 Å². The van der Waals surface area contributed by atoms with Crippen LogP contribution in [0.25, 0.3) is 11.0 Å². The number of nitrogens with zero attached hydrogens (tertiary/aromatic N) is 2. The van der Waals surface area contributed by atoms with Crippen LogP contribution in [0.5, 0.6) is 5.75 Å². The number of hydrogen-bond acceptors (Lipinski definition) is 3. The largest absolute Gasteiger partial charge is 0.492 e. The summed E-state index contributed by atoms with van der Waals surface area (Å²) >= 11 is 0. The summed E-state index contributed by atoms with van der Waals surface area (Å²) in [6.07, 6.45) is 0.649. The summed E-state index contributed by atoms with van der Waals surface area (Å²) in [7, 11) is 0. The summed E-state index contributed by atoms with van der Waals surface area (Å²) in [6, 6.07) is 23.8. The van der Waals surface area contributed by atoms with Crippen LogP contribution in [-0.2, 0) is 13.0 Å². The Labute approximate surface area is 182 Å². The number of amides is 1. The first-order chi connectivity index (χ1) is 15.1. The molecule has 0 bridgehead atoms. The van der Waals surface area contributed by atoms with E-state index in [0.29, 0.717) is 31.7 Å². The number of aryl methyl sites for hydroxylation is 2. The van der Waals surface area contributed by atoms with E-state index < -0.39 is 0 Å². The average Bonchev–Trinajstić information content (AvgIpc) is 3.11. The second-order valence-corrected chi connectivity index (χ2v) is 7.71. The minimum atomic E-state index is -0.0610. The number of benzene rings is 3. The normalized spacial score (nSPS) is 10.9. The van der Waals surface area contributed by atoms with Gasteiger partial charge in [0.1, 0.15) is 18.2 Å². The predicted octanol–water partition coefficient (Wildman–Crippen LogP) is 4.70. The molecule has 1 heterocycles. The molecule has 31 heavy (non-hydrogen) atoms. The molecule has 0 aliphatic carbocycles. The maximum Gasteiger partial charge on any atom is 0.251 e. The number of ether oxygens (including phenoxy) is 1. The first kappa shape index (κ1) is 20.7. The number of carbonyl (C=O) groups is 1. The predicted molar refractivity (Wildman–Crippen MR) is 124 cm³/mol. The van der Waals surface area contributed by atoms with Gasteiger partial charge in [-0.2, -0.15) is 0 Å². The van der Waals surface area contributed by atoms with Gasteiger partial charge in [-0.1, -0.05) is 42.0 Å². The van der Waals surface area contributed by atoms with Crippen molar-refractivity contribution < 1.29 is 9.53 Å². The van der Waals surface area contributed by atoms with Gasteiger partial charge in [0.2, 0.25) is 0 Å². The van der Waals surface area contributed by atoms with Crippen molar-refractivity contribution in [3.8, 4) is 5.75 Å². The Morgan fingerprint density at radius 3 is 2.55 bits per heavy atom. The van der Waals surface area contributed by atoms with Gasteiger partial charge in [-0.25, -0.2) is 4.98 Å². The molecule has 1 amide bonds. The molecule has 5 nitrogen and oxygen atoms in total. The quantitative estimate of drug-likeness (QED) is 0.455. The number of carbonyl (C=O) groups excluding carboxylic acids is 1. The van der Waals surface area contributed by atoms with E-state index >= 15 is 0 Å². The van der Waals surface area contributed by atoms with Crippen molar-refractivity contribution in [3.63, 3.8) is 0 Å². The monoisotopic (exact) mass is 413 g/mol. The van der Waals surface area contributed by atoms with Crippen molar-refractivity contribution in [2.24, 2.45) is 0 Å². The fourth-order valence-corrected chi connectivity index (χ4v) is 3.70. The van der Waals surface area contributed by atoms with Gasteiger partial charge in [-0.15, -0.1) is 0 Å². The zero-order chi connectivity index (χ0) is 21.6. The first-order valence-electron chi connectivity index (χ1n) is 10.6. The molecule has 0 spiro atoms. The second-order valence-electron chi connectivity index (χ2n) is 7.71. The molecule has 4 rings (SSSR count). The van der Waals surface area contributed by atoms with E-state index in [2.05, 4.69) is 28.9 Å². The molecule has 0 radical (unpaired) electrons. The molecule has 158 valence electrons. The molecular formula is C26H27N3O2. The fourth-order valence-electron chi connectivity index (χ4n) is 3.70. The smallest absolute Gasteiger partial charge is 0.251 e. The zero-order valence-electron chi connectivity index (χ0n) is 18.0. The average molecular weight is 414 g/mol. The molecule has 4 aromatic rings. The Bertz CT molecular complexity index is 1200. The van der Waals surface area contributed by atoms with Crippen molar-refractivity contribution in [2.75, 3.05) is 13.2 Å². The summed E-state index contributed by atoms with van der Waals surface area (Å²) in [5.74, 6) is 1.75. The molecule has 0 saturated carbocycles. The lowest BCUT2D eigenvalue weighted by atomic mass is 10.1. The Morgan fingerprint density at radius 1 is 0.968 bits per heavy atom. The number of fused-ring (bicyclic) bond motifs is 1. The molecule has 0 unspecified atom stereocenters. The summed E-state index contributed by atoms with van der Waals surface area (Å²) in [5, 5.41) is 3.01. The molecule has 0 fully saturated rings. The highest BCUT2D eigenvalue weighted by atomic mass is 16.5. The van der Waals surface area contributed by atoms with Crippen molar-refractivity contribution >= 4 is 16.9 Å². The molecule has 1 N–H and O–H groups in total. The van der Waals surface area contributed by atoms with Crippen LogP contribution in [0.1, 0.15) is 27.3 Å². The minimum Gasteiger partial charge on any atom is -0.492 e. The van der Waals surface area contributed by atoms with E-state index in [0.717, 1.165) is 28.2 Å². The van der Waals surface area contributed by atoms with E-state index in [1.54, 1.807) is 0 Å². The summed E-state index contributed by atoms with van der Waals surface area (Å²) in [5.41, 5.74) is 4.96. The van der Waals surface area contributed by atoms with Gasteiger partial charge in [0.25, 0.3) is 5.91 Å². The van der Waals surface area contributed by atoms with Crippen LogP contribution in [0.2, 0.25) is 0 Å². The minimum absolute atomic E-state index is 0.0610. The zero-order valence-corrected chi connectivity index (χ0v) is 18.0. The van der Waals surface area contributed by atoms with Crippen molar-refractivity contribution in [1.29, 1.82) is 0 Å². The van der Waals surface area contributed by atoms with Gasteiger partial charge < -0.3 is 14.6 Å². The lowest BCUT2D eigenvalue weighted by molar-refractivity contribution is 0.0953. The lowest BCUT2D eigenvalue weighted by Gasteiger charge is -2.12. The highest BCUT2D eigenvalue weighted by Crippen LogP contribution is 2.17. The Morgan fingerprint density at radius 2 is 1.74 bits per heavy atom. The summed E-state index contributed by atoms with van der Waals surface area (Å²) in [6.45, 7) is 5.80. The van der Waals surface area contributed by atoms with Crippen molar-refractivity contribution in [3.05, 3.63) is 95.3 Å². The number of rotatable bonds is 8. The molecule has 5 heteroatoms. The number of hydrogen-bond donors (Lipinski definition) is 1. The van der Waals surface area contributed by atoms with Crippen LogP contribution in [0, 0.1) is 13.8 Å². The first-order valence-corrected chi connectivity index (χ1v) is 10.6. The summed E-state index contributed by atoms with van der Waals surface area (Å²) in [4.78, 5) is 17.2. The maximum absolute atomic E-state index is 12.4. The Hall–Kier alpha value is -3.60. The molecule has 1 aromatic heterocycles. The fraction of sp³-hybridized carbons (Fsp3) is 0.231. The molecule has 0 aliphatic rings. The van der Waals surface area contributed by atoms with Crippen LogP contribution in [0.15, 0.2) is 72.8 Å². The molecule has 0 saturated heterocycles.